The quantitative estimate of drug-likeness (QED) is 0.774. The standard InChI is InChI=1S/C13H21N/c1-13(2,3)12-7-5-6-11(10-12)8-9-14-4/h5-7,10,14H,8-9H2,1-4H3. The molecule has 0 heterocycles. The fraction of sp³-hybridized carbons (Fsp3) is 0.538. The van der Waals surface area contributed by atoms with Gasteiger partial charge in [-0.3, -0.25) is 0 Å². The van der Waals surface area contributed by atoms with Gasteiger partial charge >= 0.3 is 0 Å². The largest absolute Gasteiger partial charge is 0.319 e. The summed E-state index contributed by atoms with van der Waals surface area (Å²) >= 11 is 0. The highest BCUT2D eigenvalue weighted by Gasteiger charge is 2.13. The third kappa shape index (κ3) is 3.15. The van der Waals surface area contributed by atoms with Gasteiger partial charge in [-0.25, -0.2) is 0 Å². The van der Waals surface area contributed by atoms with Gasteiger partial charge in [-0.2, -0.15) is 0 Å². The Bertz CT molecular complexity index is 284. The summed E-state index contributed by atoms with van der Waals surface area (Å²) < 4.78 is 0. The first kappa shape index (κ1) is 11.3. The molecule has 14 heavy (non-hydrogen) atoms. The van der Waals surface area contributed by atoms with Crippen LogP contribution >= 0.6 is 0 Å². The highest BCUT2D eigenvalue weighted by Crippen LogP contribution is 2.22. The van der Waals surface area contributed by atoms with Crippen molar-refractivity contribution >= 4 is 0 Å². The fourth-order valence-corrected chi connectivity index (χ4v) is 1.46. The average molecular weight is 191 g/mol. The molecule has 1 rings (SSSR count). The molecule has 0 atom stereocenters. The summed E-state index contributed by atoms with van der Waals surface area (Å²) in [5, 5.41) is 3.17. The molecule has 0 aliphatic rings. The first-order valence-corrected chi connectivity index (χ1v) is 5.28. The number of likely N-dealkylation sites (N-methyl/N-ethyl adjacent to an activating group) is 1. The number of hydrogen-bond donors (Lipinski definition) is 1. The molecule has 0 fully saturated rings. The topological polar surface area (TPSA) is 12.0 Å². The summed E-state index contributed by atoms with van der Waals surface area (Å²) in [5.41, 5.74) is 3.10. The van der Waals surface area contributed by atoms with E-state index in [0.29, 0.717) is 0 Å². The van der Waals surface area contributed by atoms with E-state index < -0.39 is 0 Å². The first-order valence-electron chi connectivity index (χ1n) is 5.28. The maximum atomic E-state index is 3.17. The molecule has 0 aromatic heterocycles. The SMILES string of the molecule is CNCCc1cccc(C(C)(C)C)c1. The predicted octanol–water partition coefficient (Wildman–Crippen LogP) is 2.75. The van der Waals surface area contributed by atoms with Crippen molar-refractivity contribution in [2.24, 2.45) is 0 Å². The molecule has 78 valence electrons. The van der Waals surface area contributed by atoms with Crippen LogP contribution in [-0.2, 0) is 11.8 Å². The zero-order valence-corrected chi connectivity index (χ0v) is 9.72. The van der Waals surface area contributed by atoms with Gasteiger partial charge in [-0.1, -0.05) is 45.0 Å². The van der Waals surface area contributed by atoms with Crippen molar-refractivity contribution in [3.63, 3.8) is 0 Å². The second kappa shape index (κ2) is 4.61. The van der Waals surface area contributed by atoms with Crippen LogP contribution < -0.4 is 5.32 Å². The molecule has 0 unspecified atom stereocenters. The zero-order chi connectivity index (χ0) is 10.6. The second-order valence-electron chi connectivity index (χ2n) is 4.80. The van der Waals surface area contributed by atoms with Crippen molar-refractivity contribution in [1.29, 1.82) is 0 Å². The Hall–Kier alpha value is -0.820. The number of nitrogens with one attached hydrogen (secondary N) is 1. The molecule has 0 aliphatic carbocycles. The third-order valence-corrected chi connectivity index (χ3v) is 2.46. The predicted molar refractivity (Wildman–Crippen MR) is 62.8 cm³/mol. The molecule has 0 spiro atoms. The highest BCUT2D eigenvalue weighted by atomic mass is 14.8. The molecule has 0 saturated carbocycles. The van der Waals surface area contributed by atoms with Crippen molar-refractivity contribution in [1.82, 2.24) is 5.32 Å². The molecular formula is C13H21N. The third-order valence-electron chi connectivity index (χ3n) is 2.46. The monoisotopic (exact) mass is 191 g/mol. The molecule has 0 bridgehead atoms. The van der Waals surface area contributed by atoms with E-state index in [2.05, 4.69) is 50.4 Å². The van der Waals surface area contributed by atoms with Gasteiger partial charge in [0.15, 0.2) is 0 Å². The van der Waals surface area contributed by atoms with Crippen LogP contribution in [0.1, 0.15) is 31.9 Å². The smallest absolute Gasteiger partial charge is 0.00114 e. The van der Waals surface area contributed by atoms with Crippen LogP contribution in [-0.4, -0.2) is 13.6 Å². The molecule has 1 aromatic carbocycles. The number of hydrogen-bond acceptors (Lipinski definition) is 1. The van der Waals surface area contributed by atoms with E-state index in [0.717, 1.165) is 13.0 Å². The van der Waals surface area contributed by atoms with Crippen LogP contribution in [0.4, 0.5) is 0 Å². The zero-order valence-electron chi connectivity index (χ0n) is 9.72. The van der Waals surface area contributed by atoms with Crippen LogP contribution in [0.3, 0.4) is 0 Å². The molecule has 0 amide bonds. The summed E-state index contributed by atoms with van der Waals surface area (Å²) in [6.07, 6.45) is 1.11. The Morgan fingerprint density at radius 2 is 1.93 bits per heavy atom. The van der Waals surface area contributed by atoms with E-state index in [-0.39, 0.29) is 5.41 Å². The van der Waals surface area contributed by atoms with E-state index in [4.69, 9.17) is 0 Å². The van der Waals surface area contributed by atoms with Gasteiger partial charge < -0.3 is 5.32 Å². The van der Waals surface area contributed by atoms with E-state index in [1.165, 1.54) is 11.1 Å². The van der Waals surface area contributed by atoms with E-state index >= 15 is 0 Å². The summed E-state index contributed by atoms with van der Waals surface area (Å²) in [7, 11) is 1.99. The Labute approximate surface area is 87.5 Å². The van der Waals surface area contributed by atoms with Crippen molar-refractivity contribution in [3.8, 4) is 0 Å². The lowest BCUT2D eigenvalue weighted by Gasteiger charge is -2.19. The van der Waals surface area contributed by atoms with Gasteiger partial charge in [0.25, 0.3) is 0 Å². The van der Waals surface area contributed by atoms with Gasteiger partial charge in [0.05, 0.1) is 0 Å². The molecule has 0 saturated heterocycles. The van der Waals surface area contributed by atoms with Crippen LogP contribution in [0.15, 0.2) is 24.3 Å². The van der Waals surface area contributed by atoms with Crippen LogP contribution in [0.25, 0.3) is 0 Å². The minimum Gasteiger partial charge on any atom is -0.319 e. The fourth-order valence-electron chi connectivity index (χ4n) is 1.46. The minimum absolute atomic E-state index is 0.260. The van der Waals surface area contributed by atoms with Gasteiger partial charge in [0, 0.05) is 0 Å². The highest BCUT2D eigenvalue weighted by molar-refractivity contribution is 5.28. The Balaban J connectivity index is 2.79. The van der Waals surface area contributed by atoms with Crippen molar-refractivity contribution < 1.29 is 0 Å². The average Bonchev–Trinajstić information content (AvgIpc) is 2.14. The number of benzene rings is 1. The Morgan fingerprint density at radius 1 is 1.21 bits per heavy atom. The lowest BCUT2D eigenvalue weighted by molar-refractivity contribution is 0.589. The maximum absolute atomic E-state index is 3.17. The van der Waals surface area contributed by atoms with Crippen LogP contribution in [0, 0.1) is 0 Å². The molecule has 1 nitrogen and oxygen atoms in total. The van der Waals surface area contributed by atoms with Crippen LogP contribution in [0.5, 0.6) is 0 Å². The second-order valence-corrected chi connectivity index (χ2v) is 4.80. The lowest BCUT2D eigenvalue weighted by Crippen LogP contribution is -2.13. The molecule has 1 aromatic rings. The van der Waals surface area contributed by atoms with Gasteiger partial charge in [-0.15, -0.1) is 0 Å². The molecule has 1 heteroatoms. The van der Waals surface area contributed by atoms with Crippen molar-refractivity contribution in [2.75, 3.05) is 13.6 Å². The normalized spacial score (nSPS) is 11.7. The van der Waals surface area contributed by atoms with E-state index in [1.54, 1.807) is 0 Å². The van der Waals surface area contributed by atoms with Gasteiger partial charge in [0.1, 0.15) is 0 Å². The summed E-state index contributed by atoms with van der Waals surface area (Å²) in [4.78, 5) is 0. The Morgan fingerprint density at radius 3 is 2.50 bits per heavy atom. The van der Waals surface area contributed by atoms with Gasteiger partial charge in [0.2, 0.25) is 0 Å². The lowest BCUT2D eigenvalue weighted by atomic mass is 9.86. The first-order chi connectivity index (χ1) is 6.54. The maximum Gasteiger partial charge on any atom is -0.00114 e. The summed E-state index contributed by atoms with van der Waals surface area (Å²) in [6, 6.07) is 8.89. The van der Waals surface area contributed by atoms with E-state index in [9.17, 15) is 0 Å². The van der Waals surface area contributed by atoms with Crippen molar-refractivity contribution in [3.05, 3.63) is 35.4 Å². The molecule has 1 N–H and O–H groups in total. The van der Waals surface area contributed by atoms with Crippen molar-refractivity contribution in [2.45, 2.75) is 32.6 Å². The summed E-state index contributed by atoms with van der Waals surface area (Å²) in [6.45, 7) is 7.81. The minimum atomic E-state index is 0.260. The molecular weight excluding hydrogens is 170 g/mol. The molecule has 0 aliphatic heterocycles. The summed E-state index contributed by atoms with van der Waals surface area (Å²) in [5.74, 6) is 0. The number of rotatable bonds is 3. The van der Waals surface area contributed by atoms with Gasteiger partial charge in [-0.05, 0) is 36.6 Å². The Kier molecular flexibility index (Phi) is 3.70. The van der Waals surface area contributed by atoms with E-state index in [1.807, 2.05) is 7.05 Å². The molecule has 0 radical (unpaired) electrons. The van der Waals surface area contributed by atoms with Crippen LogP contribution in [0.2, 0.25) is 0 Å².